The topological polar surface area (TPSA) is 51.0 Å². The molecular weight excluding hydrogens is 262 g/mol. The first kappa shape index (κ1) is 15.0. The summed E-state index contributed by atoms with van der Waals surface area (Å²) in [6.45, 7) is 7.85. The van der Waals surface area contributed by atoms with Crippen LogP contribution in [-0.4, -0.2) is 22.7 Å². The molecule has 2 aliphatic rings. The Kier molecular flexibility index (Phi) is 4.34. The number of aromatic nitrogens is 2. The standard InChI is InChI=1S/C17H29N3O/c1-4-9-18-14(12-7-5-6-8-12)10-15-19-16(20-21-15)13-11-17(13,2)3/h12-14,18H,4-11H2,1-3H3. The van der Waals surface area contributed by atoms with E-state index in [-0.39, 0.29) is 0 Å². The Morgan fingerprint density at radius 1 is 1.33 bits per heavy atom. The minimum atomic E-state index is 0.368. The molecule has 3 rings (SSSR count). The Bertz CT molecular complexity index is 462. The predicted octanol–water partition coefficient (Wildman–Crippen LogP) is 3.68. The van der Waals surface area contributed by atoms with Crippen molar-refractivity contribution in [2.45, 2.75) is 77.7 Å². The predicted molar refractivity (Wildman–Crippen MR) is 83.2 cm³/mol. The van der Waals surface area contributed by atoms with E-state index in [1.807, 2.05) is 0 Å². The fourth-order valence-corrected chi connectivity index (χ4v) is 3.68. The van der Waals surface area contributed by atoms with Crippen LogP contribution in [0.3, 0.4) is 0 Å². The third kappa shape index (κ3) is 3.47. The van der Waals surface area contributed by atoms with Gasteiger partial charge in [-0.25, -0.2) is 0 Å². The highest BCUT2D eigenvalue weighted by atomic mass is 16.5. The SMILES string of the molecule is CCCNC(Cc1nc(C2CC2(C)C)no1)C1CCCC1. The molecule has 1 aromatic heterocycles. The maximum Gasteiger partial charge on any atom is 0.228 e. The van der Waals surface area contributed by atoms with E-state index in [1.54, 1.807) is 0 Å². The summed E-state index contributed by atoms with van der Waals surface area (Å²) in [4.78, 5) is 4.67. The van der Waals surface area contributed by atoms with Crippen molar-refractivity contribution in [1.29, 1.82) is 0 Å². The van der Waals surface area contributed by atoms with Crippen molar-refractivity contribution in [3.8, 4) is 0 Å². The Morgan fingerprint density at radius 2 is 2.05 bits per heavy atom. The average Bonchev–Trinajstić information content (AvgIpc) is 2.93. The molecule has 2 fully saturated rings. The quantitative estimate of drug-likeness (QED) is 0.832. The molecule has 2 aliphatic carbocycles. The van der Waals surface area contributed by atoms with E-state index in [2.05, 4.69) is 36.2 Å². The van der Waals surface area contributed by atoms with Gasteiger partial charge in [0.15, 0.2) is 5.82 Å². The maximum absolute atomic E-state index is 5.53. The van der Waals surface area contributed by atoms with Crippen molar-refractivity contribution in [2.75, 3.05) is 6.54 Å². The van der Waals surface area contributed by atoms with E-state index in [1.165, 1.54) is 38.5 Å². The van der Waals surface area contributed by atoms with Gasteiger partial charge < -0.3 is 9.84 Å². The number of nitrogens with one attached hydrogen (secondary N) is 1. The molecule has 2 atom stereocenters. The minimum Gasteiger partial charge on any atom is -0.339 e. The second-order valence-electron chi connectivity index (χ2n) is 7.60. The Balaban J connectivity index is 1.62. The molecule has 0 spiro atoms. The first-order valence-corrected chi connectivity index (χ1v) is 8.66. The minimum absolute atomic E-state index is 0.368. The van der Waals surface area contributed by atoms with E-state index in [4.69, 9.17) is 4.52 Å². The molecule has 4 heteroatoms. The molecule has 0 radical (unpaired) electrons. The van der Waals surface area contributed by atoms with Crippen molar-refractivity contribution in [1.82, 2.24) is 15.5 Å². The lowest BCUT2D eigenvalue weighted by molar-refractivity contribution is 0.306. The van der Waals surface area contributed by atoms with Crippen LogP contribution in [-0.2, 0) is 6.42 Å². The fourth-order valence-electron chi connectivity index (χ4n) is 3.68. The molecule has 1 N–H and O–H groups in total. The summed E-state index contributed by atoms with van der Waals surface area (Å²) in [7, 11) is 0. The summed E-state index contributed by atoms with van der Waals surface area (Å²) in [5.41, 5.74) is 0.368. The van der Waals surface area contributed by atoms with Crippen molar-refractivity contribution >= 4 is 0 Å². The van der Waals surface area contributed by atoms with Gasteiger partial charge in [-0.15, -0.1) is 0 Å². The van der Waals surface area contributed by atoms with Gasteiger partial charge in [0.2, 0.25) is 5.89 Å². The molecule has 4 nitrogen and oxygen atoms in total. The van der Waals surface area contributed by atoms with Gasteiger partial charge in [-0.1, -0.05) is 38.8 Å². The van der Waals surface area contributed by atoms with Crippen LogP contribution in [0.15, 0.2) is 4.52 Å². The normalized spacial score (nSPS) is 26.1. The van der Waals surface area contributed by atoms with Crippen LogP contribution < -0.4 is 5.32 Å². The summed E-state index contributed by atoms with van der Waals surface area (Å²) >= 11 is 0. The number of hydrogen-bond acceptors (Lipinski definition) is 4. The lowest BCUT2D eigenvalue weighted by Crippen LogP contribution is -2.37. The van der Waals surface area contributed by atoms with Crippen LogP contribution in [0.5, 0.6) is 0 Å². The highest BCUT2D eigenvalue weighted by molar-refractivity contribution is 5.14. The van der Waals surface area contributed by atoms with E-state index < -0.39 is 0 Å². The van der Waals surface area contributed by atoms with Gasteiger partial charge >= 0.3 is 0 Å². The Labute approximate surface area is 128 Å². The molecule has 0 aromatic carbocycles. The van der Waals surface area contributed by atoms with Crippen molar-refractivity contribution < 1.29 is 4.52 Å². The molecule has 2 unspecified atom stereocenters. The molecule has 1 aromatic rings. The molecular formula is C17H29N3O. The van der Waals surface area contributed by atoms with Crippen molar-refractivity contribution in [2.24, 2.45) is 11.3 Å². The van der Waals surface area contributed by atoms with Gasteiger partial charge in [0.1, 0.15) is 0 Å². The number of nitrogens with zero attached hydrogens (tertiary/aromatic N) is 2. The first-order valence-electron chi connectivity index (χ1n) is 8.66. The van der Waals surface area contributed by atoms with Crippen LogP contribution in [0.1, 0.15) is 76.9 Å². The van der Waals surface area contributed by atoms with Crippen LogP contribution >= 0.6 is 0 Å². The Hall–Kier alpha value is -0.900. The second kappa shape index (κ2) is 6.07. The summed E-state index contributed by atoms with van der Waals surface area (Å²) in [5, 5.41) is 7.92. The molecule has 0 aliphatic heterocycles. The molecule has 1 heterocycles. The van der Waals surface area contributed by atoms with Crippen LogP contribution in [0.25, 0.3) is 0 Å². The first-order chi connectivity index (χ1) is 10.1. The molecule has 0 bridgehead atoms. The highest BCUT2D eigenvalue weighted by Crippen LogP contribution is 2.57. The van der Waals surface area contributed by atoms with E-state index in [9.17, 15) is 0 Å². The number of rotatable bonds is 7. The highest BCUT2D eigenvalue weighted by Gasteiger charge is 2.49. The second-order valence-corrected chi connectivity index (χ2v) is 7.60. The third-order valence-electron chi connectivity index (χ3n) is 5.33. The van der Waals surface area contributed by atoms with Gasteiger partial charge in [-0.3, -0.25) is 0 Å². The lowest BCUT2D eigenvalue weighted by Gasteiger charge is -2.23. The summed E-state index contributed by atoms with van der Waals surface area (Å²) < 4.78 is 5.53. The van der Waals surface area contributed by atoms with Gasteiger partial charge in [0.25, 0.3) is 0 Å². The maximum atomic E-state index is 5.53. The zero-order valence-corrected chi connectivity index (χ0v) is 13.7. The van der Waals surface area contributed by atoms with Crippen molar-refractivity contribution in [3.63, 3.8) is 0 Å². The zero-order valence-electron chi connectivity index (χ0n) is 13.7. The fraction of sp³-hybridized carbons (Fsp3) is 0.882. The summed E-state index contributed by atoms with van der Waals surface area (Å²) in [5.74, 6) is 3.04. The van der Waals surface area contributed by atoms with E-state index in [0.717, 1.165) is 30.6 Å². The molecule has 0 saturated heterocycles. The average molecular weight is 291 g/mol. The van der Waals surface area contributed by atoms with Crippen LogP contribution in [0.4, 0.5) is 0 Å². The van der Waals surface area contributed by atoms with Gasteiger partial charge in [0, 0.05) is 18.4 Å². The van der Waals surface area contributed by atoms with Crippen LogP contribution in [0.2, 0.25) is 0 Å². The largest absolute Gasteiger partial charge is 0.339 e. The van der Waals surface area contributed by atoms with Crippen LogP contribution in [0, 0.1) is 11.3 Å². The van der Waals surface area contributed by atoms with Gasteiger partial charge in [-0.2, -0.15) is 4.98 Å². The smallest absolute Gasteiger partial charge is 0.228 e. The summed E-state index contributed by atoms with van der Waals surface area (Å²) in [6, 6.07) is 0.507. The molecule has 2 saturated carbocycles. The molecule has 118 valence electrons. The van der Waals surface area contributed by atoms with Crippen molar-refractivity contribution in [3.05, 3.63) is 11.7 Å². The summed E-state index contributed by atoms with van der Waals surface area (Å²) in [6.07, 6.45) is 8.70. The molecule has 21 heavy (non-hydrogen) atoms. The van der Waals surface area contributed by atoms with E-state index >= 15 is 0 Å². The Morgan fingerprint density at radius 3 is 2.67 bits per heavy atom. The monoisotopic (exact) mass is 291 g/mol. The zero-order chi connectivity index (χ0) is 14.9. The third-order valence-corrected chi connectivity index (χ3v) is 5.33. The van der Waals surface area contributed by atoms with Gasteiger partial charge in [-0.05, 0) is 43.6 Å². The van der Waals surface area contributed by atoms with E-state index in [0.29, 0.717) is 17.4 Å². The number of hydrogen-bond donors (Lipinski definition) is 1. The molecule has 0 amide bonds. The van der Waals surface area contributed by atoms with Gasteiger partial charge in [0.05, 0.1) is 0 Å². The lowest BCUT2D eigenvalue weighted by atomic mass is 9.95.